The second-order valence-electron chi connectivity index (χ2n) is 8.69. The predicted octanol–water partition coefficient (Wildman–Crippen LogP) is 5.56. The summed E-state index contributed by atoms with van der Waals surface area (Å²) in [5.41, 5.74) is 11.1. The van der Waals surface area contributed by atoms with Crippen LogP contribution in [-0.2, 0) is 19.4 Å². The smallest absolute Gasteiger partial charge is 0.128 e. The monoisotopic (exact) mass is 396 g/mol. The standard InChI is InChI=1S/C25H24N4O/c1-13(2)25-27-11-21(29-25)17-6-15-4-5-16-7-18(20-10-26-14(3)28-20)9-22-24(16)23(15)19(8-17)12-30-22/h6-11,13H,4-5,12H2,1-3H3,(H,26,28)(H,27,29). The number of hydrogen-bond donors (Lipinski definition) is 2. The van der Waals surface area contributed by atoms with Gasteiger partial charge in [-0.3, -0.25) is 0 Å². The highest BCUT2D eigenvalue weighted by molar-refractivity contribution is 5.87. The lowest BCUT2D eigenvalue weighted by atomic mass is 9.79. The van der Waals surface area contributed by atoms with Gasteiger partial charge in [0.1, 0.15) is 24.0 Å². The maximum atomic E-state index is 6.26. The molecule has 0 radical (unpaired) electrons. The molecule has 5 nitrogen and oxygen atoms in total. The molecule has 5 heteroatoms. The van der Waals surface area contributed by atoms with E-state index in [0.717, 1.165) is 47.2 Å². The first kappa shape index (κ1) is 17.5. The third-order valence-corrected chi connectivity index (χ3v) is 6.25. The Bertz CT molecular complexity index is 1240. The van der Waals surface area contributed by atoms with E-state index in [1.165, 1.54) is 33.4 Å². The summed E-state index contributed by atoms with van der Waals surface area (Å²) in [5.74, 6) is 3.33. The van der Waals surface area contributed by atoms with Crippen molar-refractivity contribution in [3.63, 3.8) is 0 Å². The Labute approximate surface area is 175 Å². The van der Waals surface area contributed by atoms with E-state index in [1.807, 2.05) is 19.3 Å². The van der Waals surface area contributed by atoms with Crippen LogP contribution in [0.1, 0.15) is 48.1 Å². The number of rotatable bonds is 3. The lowest BCUT2D eigenvalue weighted by Gasteiger charge is -2.30. The highest BCUT2D eigenvalue weighted by Gasteiger charge is 2.28. The van der Waals surface area contributed by atoms with E-state index in [0.29, 0.717) is 12.5 Å². The molecule has 1 aliphatic carbocycles. The molecule has 2 N–H and O–H groups in total. The minimum absolute atomic E-state index is 0.389. The number of imidazole rings is 2. The number of nitrogens with zero attached hydrogens (tertiary/aromatic N) is 2. The Hall–Kier alpha value is -3.34. The fraction of sp³-hybridized carbons (Fsp3) is 0.280. The molecule has 0 amide bonds. The summed E-state index contributed by atoms with van der Waals surface area (Å²) in [7, 11) is 0. The Morgan fingerprint density at radius 3 is 2.20 bits per heavy atom. The van der Waals surface area contributed by atoms with Crippen molar-refractivity contribution in [3.05, 3.63) is 65.0 Å². The van der Waals surface area contributed by atoms with Crippen molar-refractivity contribution in [2.24, 2.45) is 0 Å². The maximum absolute atomic E-state index is 6.26. The van der Waals surface area contributed by atoms with Crippen LogP contribution in [-0.4, -0.2) is 19.9 Å². The largest absolute Gasteiger partial charge is 0.488 e. The van der Waals surface area contributed by atoms with E-state index in [1.54, 1.807) is 0 Å². The number of benzene rings is 2. The minimum atomic E-state index is 0.389. The normalized spacial score (nSPS) is 14.0. The molecule has 0 saturated heterocycles. The molecule has 0 unspecified atom stereocenters. The summed E-state index contributed by atoms with van der Waals surface area (Å²) >= 11 is 0. The molecule has 2 aliphatic rings. The van der Waals surface area contributed by atoms with Crippen LogP contribution in [0, 0.1) is 6.92 Å². The van der Waals surface area contributed by atoms with Crippen molar-refractivity contribution in [1.82, 2.24) is 19.9 Å². The van der Waals surface area contributed by atoms with Crippen molar-refractivity contribution in [2.75, 3.05) is 0 Å². The van der Waals surface area contributed by atoms with Gasteiger partial charge >= 0.3 is 0 Å². The summed E-state index contributed by atoms with van der Waals surface area (Å²) in [6.07, 6.45) is 5.91. The average Bonchev–Trinajstić information content (AvgIpc) is 3.41. The lowest BCUT2D eigenvalue weighted by molar-refractivity contribution is 0.301. The molecular formula is C25H24N4O. The van der Waals surface area contributed by atoms with Crippen LogP contribution < -0.4 is 4.74 Å². The Kier molecular flexibility index (Phi) is 3.69. The Morgan fingerprint density at radius 2 is 1.50 bits per heavy atom. The topological polar surface area (TPSA) is 66.6 Å². The number of nitrogens with one attached hydrogen (secondary N) is 2. The molecule has 150 valence electrons. The van der Waals surface area contributed by atoms with Gasteiger partial charge in [0.15, 0.2) is 0 Å². The zero-order chi connectivity index (χ0) is 20.4. The summed E-state index contributed by atoms with van der Waals surface area (Å²) in [4.78, 5) is 15.7. The number of ether oxygens (including phenoxy) is 1. The highest BCUT2D eigenvalue weighted by atomic mass is 16.5. The van der Waals surface area contributed by atoms with Crippen molar-refractivity contribution >= 4 is 0 Å². The summed E-state index contributed by atoms with van der Waals surface area (Å²) < 4.78 is 6.26. The van der Waals surface area contributed by atoms with Crippen LogP contribution in [0.4, 0.5) is 0 Å². The van der Waals surface area contributed by atoms with Crippen molar-refractivity contribution < 1.29 is 4.74 Å². The number of aryl methyl sites for hydroxylation is 3. The fourth-order valence-electron chi connectivity index (χ4n) is 4.75. The molecule has 0 saturated carbocycles. The van der Waals surface area contributed by atoms with Gasteiger partial charge in [-0.15, -0.1) is 0 Å². The van der Waals surface area contributed by atoms with Gasteiger partial charge in [-0.2, -0.15) is 0 Å². The van der Waals surface area contributed by atoms with Crippen molar-refractivity contribution in [2.45, 2.75) is 46.1 Å². The van der Waals surface area contributed by atoms with Gasteiger partial charge in [-0.05, 0) is 66.3 Å². The highest BCUT2D eigenvalue weighted by Crippen LogP contribution is 2.48. The van der Waals surface area contributed by atoms with Gasteiger partial charge in [-0.1, -0.05) is 13.8 Å². The van der Waals surface area contributed by atoms with Crippen LogP contribution in [0.15, 0.2) is 36.7 Å². The summed E-state index contributed by atoms with van der Waals surface area (Å²) in [6, 6.07) is 9.05. The van der Waals surface area contributed by atoms with E-state index in [4.69, 9.17) is 4.74 Å². The zero-order valence-electron chi connectivity index (χ0n) is 17.5. The first-order chi connectivity index (χ1) is 14.6. The Morgan fingerprint density at radius 1 is 0.833 bits per heavy atom. The van der Waals surface area contributed by atoms with Gasteiger partial charge < -0.3 is 14.7 Å². The van der Waals surface area contributed by atoms with E-state index < -0.39 is 0 Å². The molecule has 30 heavy (non-hydrogen) atoms. The summed E-state index contributed by atoms with van der Waals surface area (Å²) in [5, 5.41) is 0. The number of aromatic amines is 2. The summed E-state index contributed by atoms with van der Waals surface area (Å²) in [6.45, 7) is 6.89. The van der Waals surface area contributed by atoms with Crippen LogP contribution in [0.5, 0.6) is 5.75 Å². The molecule has 3 heterocycles. The Balaban J connectivity index is 1.47. The third kappa shape index (κ3) is 2.61. The van der Waals surface area contributed by atoms with Crippen LogP contribution in [0.2, 0.25) is 0 Å². The molecule has 0 fully saturated rings. The molecule has 6 rings (SSSR count). The second-order valence-corrected chi connectivity index (χ2v) is 8.69. The van der Waals surface area contributed by atoms with Crippen LogP contribution >= 0.6 is 0 Å². The fourth-order valence-corrected chi connectivity index (χ4v) is 4.75. The molecule has 0 bridgehead atoms. The van der Waals surface area contributed by atoms with Gasteiger partial charge in [0.25, 0.3) is 0 Å². The molecule has 0 atom stereocenters. The first-order valence-corrected chi connectivity index (χ1v) is 10.6. The molecule has 1 aliphatic heterocycles. The first-order valence-electron chi connectivity index (χ1n) is 10.6. The van der Waals surface area contributed by atoms with Gasteiger partial charge in [0, 0.05) is 22.6 Å². The maximum Gasteiger partial charge on any atom is 0.128 e. The van der Waals surface area contributed by atoms with E-state index in [9.17, 15) is 0 Å². The SMILES string of the molecule is Cc1ncc(-c2cc3c4c(c2)OCc2cc(-c5cnc(C(C)C)[nH]5)cc(c2-4)CC3)[nH]1. The molecule has 0 spiro atoms. The van der Waals surface area contributed by atoms with Crippen LogP contribution in [0.25, 0.3) is 33.6 Å². The van der Waals surface area contributed by atoms with Gasteiger partial charge in [0.05, 0.1) is 23.8 Å². The van der Waals surface area contributed by atoms with Crippen molar-refractivity contribution in [3.8, 4) is 39.4 Å². The third-order valence-electron chi connectivity index (χ3n) is 6.25. The van der Waals surface area contributed by atoms with Crippen molar-refractivity contribution in [1.29, 1.82) is 0 Å². The lowest BCUT2D eigenvalue weighted by Crippen LogP contribution is -2.14. The molecular weight excluding hydrogens is 372 g/mol. The zero-order valence-corrected chi connectivity index (χ0v) is 17.5. The average molecular weight is 396 g/mol. The number of hydrogen-bond acceptors (Lipinski definition) is 3. The quantitative estimate of drug-likeness (QED) is 0.477. The van der Waals surface area contributed by atoms with E-state index in [2.05, 4.69) is 58.0 Å². The predicted molar refractivity (Wildman–Crippen MR) is 118 cm³/mol. The second kappa shape index (κ2) is 6.33. The van der Waals surface area contributed by atoms with Gasteiger partial charge in [-0.25, -0.2) is 9.97 Å². The van der Waals surface area contributed by atoms with E-state index >= 15 is 0 Å². The van der Waals surface area contributed by atoms with Gasteiger partial charge in [0.2, 0.25) is 0 Å². The van der Waals surface area contributed by atoms with Crippen LogP contribution in [0.3, 0.4) is 0 Å². The molecule has 4 aromatic rings. The van der Waals surface area contributed by atoms with E-state index in [-0.39, 0.29) is 0 Å². The number of H-pyrrole nitrogens is 2. The molecule has 2 aromatic carbocycles. The number of aromatic nitrogens is 4. The minimum Gasteiger partial charge on any atom is -0.488 e. The molecule has 2 aromatic heterocycles.